The van der Waals surface area contributed by atoms with Crippen molar-refractivity contribution < 1.29 is 0 Å². The molecule has 0 saturated heterocycles. The summed E-state index contributed by atoms with van der Waals surface area (Å²) in [5.74, 6) is 0.979. The molecule has 1 aromatic heterocycles. The molecule has 0 spiro atoms. The van der Waals surface area contributed by atoms with Crippen molar-refractivity contribution in [1.29, 1.82) is 0 Å². The molecule has 0 aliphatic heterocycles. The first-order chi connectivity index (χ1) is 6.65. The Bertz CT molecular complexity index is 268. The molecule has 0 atom stereocenters. The Kier molecular flexibility index (Phi) is 4.03. The van der Waals surface area contributed by atoms with Crippen LogP contribution in [0.2, 0.25) is 0 Å². The highest BCUT2D eigenvalue weighted by Crippen LogP contribution is 2.03. The quantitative estimate of drug-likeness (QED) is 0.721. The van der Waals surface area contributed by atoms with Gasteiger partial charge >= 0.3 is 0 Å². The van der Waals surface area contributed by atoms with Crippen LogP contribution in [0.4, 0.5) is 0 Å². The van der Waals surface area contributed by atoms with E-state index in [0.29, 0.717) is 12.6 Å². The largest absolute Gasteiger partial charge is 0.329 e. The van der Waals surface area contributed by atoms with Crippen molar-refractivity contribution >= 4 is 0 Å². The average Bonchev–Trinajstić information content (AvgIpc) is 2.51. The minimum Gasteiger partial charge on any atom is -0.329 e. The Morgan fingerprint density at radius 1 is 1.57 bits per heavy atom. The van der Waals surface area contributed by atoms with Crippen LogP contribution in [-0.4, -0.2) is 38.8 Å². The van der Waals surface area contributed by atoms with Gasteiger partial charge in [0.1, 0.15) is 12.2 Å². The van der Waals surface area contributed by atoms with Crippen molar-refractivity contribution in [1.82, 2.24) is 19.7 Å². The first-order valence-electron chi connectivity index (χ1n) is 4.92. The van der Waals surface area contributed by atoms with Gasteiger partial charge in [-0.2, -0.15) is 5.10 Å². The maximum Gasteiger partial charge on any atom is 0.140 e. The molecule has 0 radical (unpaired) electrons. The zero-order chi connectivity index (χ0) is 10.6. The monoisotopic (exact) mass is 197 g/mol. The molecular weight excluding hydrogens is 178 g/mol. The van der Waals surface area contributed by atoms with Crippen LogP contribution in [0.25, 0.3) is 0 Å². The third kappa shape index (κ3) is 2.78. The second-order valence-corrected chi connectivity index (χ2v) is 3.65. The van der Waals surface area contributed by atoms with E-state index < -0.39 is 0 Å². The summed E-state index contributed by atoms with van der Waals surface area (Å²) < 4.78 is 1.80. The summed E-state index contributed by atoms with van der Waals surface area (Å²) in [5, 5.41) is 4.04. The molecule has 1 rings (SSSR count). The maximum atomic E-state index is 5.55. The standard InChI is InChI=1S/C9H19N5/c1-8(2)14(5-4-10)6-9-11-7-12-13(9)3/h7-8H,4-6,10H2,1-3H3. The van der Waals surface area contributed by atoms with E-state index in [9.17, 15) is 0 Å². The summed E-state index contributed by atoms with van der Waals surface area (Å²) in [4.78, 5) is 6.47. The van der Waals surface area contributed by atoms with Crippen molar-refractivity contribution in [2.45, 2.75) is 26.4 Å². The van der Waals surface area contributed by atoms with Crippen molar-refractivity contribution in [3.63, 3.8) is 0 Å². The summed E-state index contributed by atoms with van der Waals surface area (Å²) in [6.07, 6.45) is 1.58. The maximum absolute atomic E-state index is 5.55. The van der Waals surface area contributed by atoms with Crippen LogP contribution in [0, 0.1) is 0 Å². The molecule has 1 heterocycles. The predicted octanol–water partition coefficient (Wildman–Crippen LogP) is -0.0158. The molecule has 0 amide bonds. The third-order valence-corrected chi connectivity index (χ3v) is 2.30. The molecule has 80 valence electrons. The van der Waals surface area contributed by atoms with E-state index in [4.69, 9.17) is 5.73 Å². The molecule has 5 nitrogen and oxygen atoms in total. The Labute approximate surface area is 84.9 Å². The van der Waals surface area contributed by atoms with Crippen LogP contribution in [-0.2, 0) is 13.6 Å². The molecule has 2 N–H and O–H groups in total. The van der Waals surface area contributed by atoms with Crippen LogP contribution in [0.1, 0.15) is 19.7 Å². The van der Waals surface area contributed by atoms with Gasteiger partial charge in [-0.05, 0) is 13.8 Å². The van der Waals surface area contributed by atoms with Gasteiger partial charge in [0.15, 0.2) is 0 Å². The minimum atomic E-state index is 0.482. The van der Waals surface area contributed by atoms with Crippen LogP contribution in [0.15, 0.2) is 6.33 Å². The Morgan fingerprint density at radius 2 is 2.29 bits per heavy atom. The van der Waals surface area contributed by atoms with Gasteiger partial charge in [-0.25, -0.2) is 4.98 Å². The normalized spacial score (nSPS) is 11.6. The molecule has 0 aliphatic rings. The molecule has 0 unspecified atom stereocenters. The summed E-state index contributed by atoms with van der Waals surface area (Å²) in [6.45, 7) is 6.70. The zero-order valence-corrected chi connectivity index (χ0v) is 9.14. The molecule has 14 heavy (non-hydrogen) atoms. The average molecular weight is 197 g/mol. The molecule has 1 aromatic rings. The van der Waals surface area contributed by atoms with Crippen LogP contribution in [0.5, 0.6) is 0 Å². The highest BCUT2D eigenvalue weighted by atomic mass is 15.3. The predicted molar refractivity (Wildman–Crippen MR) is 55.6 cm³/mol. The first kappa shape index (κ1) is 11.1. The van der Waals surface area contributed by atoms with E-state index in [0.717, 1.165) is 18.9 Å². The van der Waals surface area contributed by atoms with Crippen molar-refractivity contribution in [2.75, 3.05) is 13.1 Å². The first-order valence-corrected chi connectivity index (χ1v) is 4.92. The highest BCUT2D eigenvalue weighted by molar-refractivity contribution is 4.84. The van der Waals surface area contributed by atoms with Gasteiger partial charge in [-0.15, -0.1) is 0 Å². The Balaban J connectivity index is 2.60. The van der Waals surface area contributed by atoms with Gasteiger partial charge in [-0.1, -0.05) is 0 Å². The number of hydrogen-bond acceptors (Lipinski definition) is 4. The molecular formula is C9H19N5. The lowest BCUT2D eigenvalue weighted by Crippen LogP contribution is -2.35. The lowest BCUT2D eigenvalue weighted by atomic mass is 10.3. The number of aryl methyl sites for hydroxylation is 1. The molecule has 0 fully saturated rings. The summed E-state index contributed by atoms with van der Waals surface area (Å²) >= 11 is 0. The van der Waals surface area contributed by atoms with Crippen LogP contribution in [0.3, 0.4) is 0 Å². The smallest absolute Gasteiger partial charge is 0.140 e. The van der Waals surface area contributed by atoms with Crippen molar-refractivity contribution in [2.24, 2.45) is 12.8 Å². The minimum absolute atomic E-state index is 0.482. The fourth-order valence-corrected chi connectivity index (χ4v) is 1.33. The summed E-state index contributed by atoms with van der Waals surface area (Å²) in [7, 11) is 1.91. The van der Waals surface area contributed by atoms with E-state index >= 15 is 0 Å². The fourth-order valence-electron chi connectivity index (χ4n) is 1.33. The van der Waals surface area contributed by atoms with Gasteiger partial charge in [0, 0.05) is 26.2 Å². The fraction of sp³-hybridized carbons (Fsp3) is 0.778. The SMILES string of the molecule is CC(C)N(CCN)Cc1ncnn1C. The molecule has 0 bridgehead atoms. The number of hydrogen-bond donors (Lipinski definition) is 1. The van der Waals surface area contributed by atoms with E-state index in [-0.39, 0.29) is 0 Å². The highest BCUT2D eigenvalue weighted by Gasteiger charge is 2.11. The van der Waals surface area contributed by atoms with Gasteiger partial charge in [0.2, 0.25) is 0 Å². The zero-order valence-electron chi connectivity index (χ0n) is 9.14. The van der Waals surface area contributed by atoms with E-state index in [1.165, 1.54) is 0 Å². The van der Waals surface area contributed by atoms with Crippen LogP contribution < -0.4 is 5.73 Å². The topological polar surface area (TPSA) is 60.0 Å². The molecule has 0 aliphatic carbocycles. The third-order valence-electron chi connectivity index (χ3n) is 2.30. The van der Waals surface area contributed by atoms with E-state index in [1.54, 1.807) is 11.0 Å². The number of nitrogens with zero attached hydrogens (tertiary/aromatic N) is 4. The number of rotatable bonds is 5. The second-order valence-electron chi connectivity index (χ2n) is 3.65. The molecule has 0 saturated carbocycles. The van der Waals surface area contributed by atoms with Crippen molar-refractivity contribution in [3.05, 3.63) is 12.2 Å². The van der Waals surface area contributed by atoms with Gasteiger partial charge in [-0.3, -0.25) is 9.58 Å². The van der Waals surface area contributed by atoms with Gasteiger partial charge in [0.05, 0.1) is 6.54 Å². The van der Waals surface area contributed by atoms with E-state index in [1.807, 2.05) is 7.05 Å². The van der Waals surface area contributed by atoms with Crippen molar-refractivity contribution in [3.8, 4) is 0 Å². The lowest BCUT2D eigenvalue weighted by Gasteiger charge is -2.24. The van der Waals surface area contributed by atoms with Crippen LogP contribution >= 0.6 is 0 Å². The number of nitrogens with two attached hydrogens (primary N) is 1. The lowest BCUT2D eigenvalue weighted by molar-refractivity contribution is 0.211. The Morgan fingerprint density at radius 3 is 2.71 bits per heavy atom. The summed E-state index contributed by atoms with van der Waals surface area (Å²) in [6, 6.07) is 0.482. The van der Waals surface area contributed by atoms with E-state index in [2.05, 4.69) is 28.8 Å². The second kappa shape index (κ2) is 5.07. The van der Waals surface area contributed by atoms with Gasteiger partial charge in [0.25, 0.3) is 0 Å². The number of aromatic nitrogens is 3. The molecule has 0 aromatic carbocycles. The molecule has 5 heteroatoms. The Hall–Kier alpha value is -0.940. The summed E-state index contributed by atoms with van der Waals surface area (Å²) in [5.41, 5.74) is 5.55. The van der Waals surface area contributed by atoms with Gasteiger partial charge < -0.3 is 5.73 Å².